The summed E-state index contributed by atoms with van der Waals surface area (Å²) in [4.78, 5) is 57.7. The Balaban J connectivity index is 1.16. The van der Waals surface area contributed by atoms with Gasteiger partial charge in [0.05, 0.1) is 11.4 Å². The number of amides is 4. The van der Waals surface area contributed by atoms with Crippen LogP contribution in [0.15, 0.2) is 103 Å². The van der Waals surface area contributed by atoms with Crippen LogP contribution in [0, 0.1) is 0 Å². The third-order valence-corrected chi connectivity index (χ3v) is 8.93. The zero-order valence-corrected chi connectivity index (χ0v) is 23.7. The lowest BCUT2D eigenvalue weighted by Gasteiger charge is -2.32. The van der Waals surface area contributed by atoms with Crippen LogP contribution in [0.5, 0.6) is 11.5 Å². The minimum absolute atomic E-state index is 0.254. The van der Waals surface area contributed by atoms with Crippen LogP contribution in [0.4, 0.5) is 11.4 Å². The average Bonchev–Trinajstić information content (AvgIpc) is 3.59. The zero-order valence-electron chi connectivity index (χ0n) is 23.7. The number of hydrogen-bond acceptors (Lipinski definition) is 5. The molecule has 5 aromatic carbocycles. The van der Waals surface area contributed by atoms with Gasteiger partial charge in [0.2, 0.25) is 0 Å². The number of carbonyl (C=O) groups excluding carboxylic acids is 4. The van der Waals surface area contributed by atoms with Crippen LogP contribution < -0.4 is 14.5 Å². The molecule has 0 aromatic heterocycles. The molecule has 7 nitrogen and oxygen atoms in total. The van der Waals surface area contributed by atoms with Crippen LogP contribution in [-0.4, -0.2) is 23.6 Å². The number of carbonyl (C=O) groups is 4. The third kappa shape index (κ3) is 3.96. The minimum atomic E-state index is -0.534. The first-order valence-corrected chi connectivity index (χ1v) is 14.8. The number of hydrogen-bond donors (Lipinski definition) is 0. The van der Waals surface area contributed by atoms with Crippen LogP contribution in [0.3, 0.4) is 0 Å². The summed E-state index contributed by atoms with van der Waals surface area (Å²) in [7, 11) is 0. The second-order valence-electron chi connectivity index (χ2n) is 11.4. The van der Waals surface area contributed by atoms with Crippen LogP contribution >= 0.6 is 0 Å². The van der Waals surface area contributed by atoms with Crippen LogP contribution in [0.1, 0.15) is 78.6 Å². The molecule has 4 amide bonds. The summed E-state index contributed by atoms with van der Waals surface area (Å²) in [6, 6.07) is 30.0. The van der Waals surface area contributed by atoms with E-state index in [2.05, 4.69) is 0 Å². The van der Waals surface area contributed by atoms with Crippen molar-refractivity contribution in [3.63, 3.8) is 0 Å². The number of nitrogens with zero attached hydrogens (tertiary/aromatic N) is 2. The molecular weight excluding hydrogens is 552 g/mol. The predicted molar refractivity (Wildman–Crippen MR) is 167 cm³/mol. The lowest BCUT2D eigenvalue weighted by atomic mass is 9.85. The Labute approximate surface area is 253 Å². The van der Waals surface area contributed by atoms with Crippen molar-refractivity contribution >= 4 is 45.8 Å². The van der Waals surface area contributed by atoms with Crippen LogP contribution in [0.25, 0.3) is 10.8 Å². The molecule has 2 aliphatic heterocycles. The molecule has 7 heteroatoms. The first-order chi connectivity index (χ1) is 21.5. The van der Waals surface area contributed by atoms with E-state index in [1.165, 1.54) is 23.3 Å². The van der Waals surface area contributed by atoms with Gasteiger partial charge >= 0.3 is 0 Å². The van der Waals surface area contributed by atoms with E-state index in [-0.39, 0.29) is 22.3 Å². The fourth-order valence-electron chi connectivity index (χ4n) is 6.81. The molecular formula is C37H26N2O5. The molecule has 214 valence electrons. The van der Waals surface area contributed by atoms with Gasteiger partial charge in [-0.15, -0.1) is 0 Å². The predicted octanol–water partition coefficient (Wildman–Crippen LogP) is 7.89. The number of benzene rings is 5. The summed E-state index contributed by atoms with van der Waals surface area (Å²) in [5.74, 6) is -0.416. The van der Waals surface area contributed by atoms with Crippen molar-refractivity contribution in [3.8, 4) is 11.5 Å². The monoisotopic (exact) mass is 578 g/mol. The molecule has 0 saturated heterocycles. The molecule has 0 radical (unpaired) electrons. The van der Waals surface area contributed by atoms with Gasteiger partial charge in [-0.1, -0.05) is 49.2 Å². The van der Waals surface area contributed by atoms with E-state index < -0.39 is 23.6 Å². The van der Waals surface area contributed by atoms with E-state index in [0.717, 1.165) is 17.7 Å². The number of rotatable bonds is 5. The first kappa shape index (κ1) is 26.1. The Morgan fingerprint density at radius 1 is 0.500 bits per heavy atom. The molecule has 5 aromatic rings. The summed E-state index contributed by atoms with van der Waals surface area (Å²) in [6.07, 6.45) is 4.75. The molecule has 0 unspecified atom stereocenters. The van der Waals surface area contributed by atoms with E-state index in [1.54, 1.807) is 48.5 Å². The van der Waals surface area contributed by atoms with Crippen LogP contribution in [-0.2, 0) is 0 Å². The van der Waals surface area contributed by atoms with Gasteiger partial charge in [-0.05, 0) is 85.0 Å². The molecule has 3 aliphatic rings. The molecule has 0 atom stereocenters. The van der Waals surface area contributed by atoms with Gasteiger partial charge in [-0.2, -0.15) is 0 Å². The van der Waals surface area contributed by atoms with E-state index in [4.69, 9.17) is 4.74 Å². The standard InChI is InChI=1S/C37H26N2O5/c40-34-28-17-19-30-33-31(37(43)39(36(30)42)25-9-6-12-27(21-25)44-26-10-2-1-3-11-26)20-18-29(32(28)33)35(41)38(34)24-15-13-23(14-16-24)22-7-4-5-8-22/h1-3,6,9-22H,4-5,7-8H2. The molecule has 1 aliphatic carbocycles. The summed E-state index contributed by atoms with van der Waals surface area (Å²) in [5, 5.41) is 0.678. The van der Waals surface area contributed by atoms with E-state index >= 15 is 0 Å². The maximum atomic E-state index is 13.9. The van der Waals surface area contributed by atoms with Gasteiger partial charge in [0, 0.05) is 39.1 Å². The molecule has 0 N–H and O–H groups in total. The summed E-state index contributed by atoms with van der Waals surface area (Å²) < 4.78 is 5.93. The highest BCUT2D eigenvalue weighted by molar-refractivity contribution is 6.42. The number of anilines is 2. The van der Waals surface area contributed by atoms with Crippen molar-refractivity contribution in [3.05, 3.63) is 131 Å². The minimum Gasteiger partial charge on any atom is -0.457 e. The smallest absolute Gasteiger partial charge is 0.265 e. The third-order valence-electron chi connectivity index (χ3n) is 8.93. The van der Waals surface area contributed by atoms with E-state index in [1.807, 2.05) is 54.6 Å². The van der Waals surface area contributed by atoms with Gasteiger partial charge < -0.3 is 4.74 Å². The van der Waals surface area contributed by atoms with Gasteiger partial charge in [-0.3, -0.25) is 19.2 Å². The summed E-state index contributed by atoms with van der Waals surface area (Å²) in [5.41, 5.74) is 3.15. The maximum absolute atomic E-state index is 13.9. The highest BCUT2D eigenvalue weighted by atomic mass is 16.5. The Kier molecular flexibility index (Phi) is 5.94. The largest absolute Gasteiger partial charge is 0.457 e. The molecule has 0 bridgehead atoms. The van der Waals surface area contributed by atoms with Crippen molar-refractivity contribution in [2.45, 2.75) is 31.6 Å². The van der Waals surface area contributed by atoms with Crippen molar-refractivity contribution in [2.24, 2.45) is 0 Å². The highest BCUT2D eigenvalue weighted by Crippen LogP contribution is 2.41. The topological polar surface area (TPSA) is 84.0 Å². The lowest BCUT2D eigenvalue weighted by Crippen LogP contribution is -2.43. The van der Waals surface area contributed by atoms with Crippen molar-refractivity contribution in [1.29, 1.82) is 0 Å². The normalized spacial score (nSPS) is 16.3. The number of imide groups is 2. The van der Waals surface area contributed by atoms with Gasteiger partial charge in [0.15, 0.2) is 0 Å². The fraction of sp³-hybridized carbons (Fsp3) is 0.135. The summed E-state index contributed by atoms with van der Waals surface area (Å²) >= 11 is 0. The van der Waals surface area contributed by atoms with Crippen molar-refractivity contribution in [2.75, 3.05) is 9.80 Å². The fourth-order valence-corrected chi connectivity index (χ4v) is 6.81. The molecule has 44 heavy (non-hydrogen) atoms. The van der Waals surface area contributed by atoms with Gasteiger partial charge in [-0.25, -0.2) is 9.80 Å². The molecule has 8 rings (SSSR count). The average molecular weight is 579 g/mol. The molecule has 1 saturated carbocycles. The van der Waals surface area contributed by atoms with Crippen LogP contribution in [0.2, 0.25) is 0 Å². The second-order valence-corrected chi connectivity index (χ2v) is 11.4. The SMILES string of the molecule is O=C1c2ccc3c4c(ccc(c24)C(=O)N1c1ccc(C2CCCC2)cc1)C(=O)N(c1cccc(Oc2ccccc2)c1)C3=O. The number of para-hydroxylation sites is 1. The number of ether oxygens (including phenoxy) is 1. The maximum Gasteiger partial charge on any atom is 0.265 e. The Hall–Kier alpha value is -5.56. The van der Waals surface area contributed by atoms with Gasteiger partial charge in [0.25, 0.3) is 23.6 Å². The lowest BCUT2D eigenvalue weighted by molar-refractivity contribution is 0.0873. The second kappa shape index (κ2) is 10.0. The Bertz CT molecular complexity index is 1960. The molecule has 2 heterocycles. The molecule has 0 spiro atoms. The Morgan fingerprint density at radius 2 is 1.00 bits per heavy atom. The zero-order chi connectivity index (χ0) is 29.9. The summed E-state index contributed by atoms with van der Waals surface area (Å²) in [6.45, 7) is 0. The van der Waals surface area contributed by atoms with Crippen molar-refractivity contribution < 1.29 is 23.9 Å². The Morgan fingerprint density at radius 3 is 1.55 bits per heavy atom. The van der Waals surface area contributed by atoms with Crippen molar-refractivity contribution in [1.82, 2.24) is 0 Å². The van der Waals surface area contributed by atoms with E-state index in [9.17, 15) is 19.2 Å². The van der Waals surface area contributed by atoms with Gasteiger partial charge in [0.1, 0.15) is 11.5 Å². The molecule has 1 fully saturated rings. The van der Waals surface area contributed by atoms with E-state index in [0.29, 0.717) is 39.6 Å². The highest BCUT2D eigenvalue weighted by Gasteiger charge is 2.40. The quantitative estimate of drug-likeness (QED) is 0.198. The first-order valence-electron chi connectivity index (χ1n) is 14.8.